The molecule has 0 amide bonds. The maximum atomic E-state index is 6.17. The Morgan fingerprint density at radius 3 is 1.90 bits per heavy atom. The van der Waals surface area contributed by atoms with Crippen LogP contribution in [0.2, 0.25) is 0 Å². The van der Waals surface area contributed by atoms with Crippen LogP contribution in [-0.4, -0.2) is 6.54 Å². The van der Waals surface area contributed by atoms with E-state index in [2.05, 4.69) is 27.7 Å². The summed E-state index contributed by atoms with van der Waals surface area (Å²) in [5.74, 6) is 0.909. The number of unbranched alkanes of at least 4 members (excludes halogenated alkanes) is 6. The lowest BCUT2D eigenvalue weighted by Gasteiger charge is -2.44. The highest BCUT2D eigenvalue weighted by Gasteiger charge is 2.37. The Morgan fingerprint density at radius 2 is 1.43 bits per heavy atom. The molecule has 1 aliphatic carbocycles. The van der Waals surface area contributed by atoms with Gasteiger partial charge in [0.25, 0.3) is 0 Å². The van der Waals surface area contributed by atoms with Gasteiger partial charge in [-0.1, -0.05) is 72.6 Å². The van der Waals surface area contributed by atoms with Crippen molar-refractivity contribution in [1.29, 1.82) is 0 Å². The molecular weight excluding hydrogens is 254 g/mol. The minimum absolute atomic E-state index is 0.486. The molecule has 2 N–H and O–H groups in total. The lowest BCUT2D eigenvalue weighted by molar-refractivity contribution is 0.0841. The van der Waals surface area contributed by atoms with Crippen LogP contribution in [0, 0.1) is 16.7 Å². The first-order valence-electron chi connectivity index (χ1n) is 9.63. The molecule has 1 aliphatic rings. The Hall–Kier alpha value is -0.0400. The third-order valence-corrected chi connectivity index (χ3v) is 6.01. The molecule has 0 aromatic carbocycles. The maximum Gasteiger partial charge on any atom is -0.00205 e. The summed E-state index contributed by atoms with van der Waals surface area (Å²) < 4.78 is 0. The monoisotopic (exact) mass is 295 g/mol. The lowest BCUT2D eigenvalue weighted by Crippen LogP contribution is -2.37. The van der Waals surface area contributed by atoms with Gasteiger partial charge < -0.3 is 5.73 Å². The van der Waals surface area contributed by atoms with Crippen LogP contribution < -0.4 is 5.73 Å². The van der Waals surface area contributed by atoms with Crippen LogP contribution in [0.4, 0.5) is 0 Å². The van der Waals surface area contributed by atoms with Gasteiger partial charge in [-0.3, -0.25) is 0 Å². The minimum Gasteiger partial charge on any atom is -0.330 e. The molecule has 0 saturated heterocycles. The second-order valence-electron chi connectivity index (χ2n) is 8.72. The Bertz CT molecular complexity index is 256. The number of rotatable bonds is 9. The molecule has 21 heavy (non-hydrogen) atoms. The molecule has 0 bridgehead atoms. The molecule has 1 fully saturated rings. The second-order valence-corrected chi connectivity index (χ2v) is 8.72. The quantitative estimate of drug-likeness (QED) is 0.496. The average Bonchev–Trinajstić information content (AvgIpc) is 2.46. The predicted octanol–water partition coefficient (Wildman–Crippen LogP) is 6.31. The van der Waals surface area contributed by atoms with Crippen molar-refractivity contribution in [3.8, 4) is 0 Å². The average molecular weight is 296 g/mol. The summed E-state index contributed by atoms with van der Waals surface area (Å²) in [5, 5.41) is 0. The van der Waals surface area contributed by atoms with Gasteiger partial charge >= 0.3 is 0 Å². The SMILES string of the molecule is CCCCCCCCCC1(CN)CCC(C(C)(C)C)CC1. The molecule has 1 rings (SSSR count). The molecule has 0 unspecified atom stereocenters. The number of nitrogens with two attached hydrogens (primary N) is 1. The Balaban J connectivity index is 2.22. The van der Waals surface area contributed by atoms with Crippen LogP contribution >= 0.6 is 0 Å². The van der Waals surface area contributed by atoms with E-state index in [1.807, 2.05) is 0 Å². The molecule has 0 aliphatic heterocycles. The number of hydrogen-bond acceptors (Lipinski definition) is 1. The molecule has 1 saturated carbocycles. The zero-order chi connectivity index (χ0) is 15.8. The Kier molecular flexibility index (Phi) is 8.31. The highest BCUT2D eigenvalue weighted by atomic mass is 14.6. The van der Waals surface area contributed by atoms with Crippen LogP contribution in [0.1, 0.15) is 105 Å². The van der Waals surface area contributed by atoms with E-state index >= 15 is 0 Å². The minimum atomic E-state index is 0.486. The molecule has 126 valence electrons. The van der Waals surface area contributed by atoms with E-state index in [-0.39, 0.29) is 0 Å². The van der Waals surface area contributed by atoms with Gasteiger partial charge in [-0.2, -0.15) is 0 Å². The van der Waals surface area contributed by atoms with Gasteiger partial charge in [0.1, 0.15) is 0 Å². The standard InChI is InChI=1S/C20H41N/c1-5-6-7-8-9-10-11-14-20(17-21)15-12-18(13-16-20)19(2,3)4/h18H,5-17,21H2,1-4H3. The van der Waals surface area contributed by atoms with E-state index in [1.165, 1.54) is 77.0 Å². The van der Waals surface area contributed by atoms with Crippen LogP contribution in [0.5, 0.6) is 0 Å². The summed E-state index contributed by atoms with van der Waals surface area (Å²) in [6.07, 6.45) is 16.8. The van der Waals surface area contributed by atoms with Crippen molar-refractivity contribution in [2.24, 2.45) is 22.5 Å². The first-order valence-corrected chi connectivity index (χ1v) is 9.63. The fraction of sp³-hybridized carbons (Fsp3) is 1.00. The fourth-order valence-electron chi connectivity index (χ4n) is 4.11. The molecule has 1 heteroatoms. The first kappa shape index (κ1) is 19.0. The van der Waals surface area contributed by atoms with Gasteiger partial charge in [0.2, 0.25) is 0 Å². The third kappa shape index (κ3) is 6.72. The Morgan fingerprint density at radius 1 is 0.905 bits per heavy atom. The zero-order valence-electron chi connectivity index (χ0n) is 15.3. The van der Waals surface area contributed by atoms with Gasteiger partial charge in [-0.05, 0) is 55.4 Å². The van der Waals surface area contributed by atoms with Gasteiger partial charge in [0.05, 0.1) is 0 Å². The van der Waals surface area contributed by atoms with Crippen molar-refractivity contribution in [1.82, 2.24) is 0 Å². The first-order chi connectivity index (χ1) is 9.93. The predicted molar refractivity (Wildman–Crippen MR) is 95.5 cm³/mol. The Labute approximate surface area is 134 Å². The van der Waals surface area contributed by atoms with Crippen molar-refractivity contribution in [3.05, 3.63) is 0 Å². The van der Waals surface area contributed by atoms with E-state index in [1.54, 1.807) is 0 Å². The van der Waals surface area contributed by atoms with Crippen molar-refractivity contribution >= 4 is 0 Å². The van der Waals surface area contributed by atoms with Crippen LogP contribution in [-0.2, 0) is 0 Å². The van der Waals surface area contributed by atoms with Gasteiger partial charge in [0.15, 0.2) is 0 Å². The highest BCUT2D eigenvalue weighted by molar-refractivity contribution is 4.89. The lowest BCUT2D eigenvalue weighted by atomic mass is 9.62. The van der Waals surface area contributed by atoms with Crippen LogP contribution in [0.3, 0.4) is 0 Å². The summed E-state index contributed by atoms with van der Waals surface area (Å²) in [5.41, 5.74) is 7.15. The van der Waals surface area contributed by atoms with E-state index in [0.717, 1.165) is 12.5 Å². The molecule has 0 spiro atoms. The number of hydrogen-bond donors (Lipinski definition) is 1. The molecule has 1 nitrogen and oxygen atoms in total. The molecule has 0 radical (unpaired) electrons. The van der Waals surface area contributed by atoms with Crippen LogP contribution in [0.15, 0.2) is 0 Å². The summed E-state index contributed by atoms with van der Waals surface area (Å²) in [4.78, 5) is 0. The van der Waals surface area contributed by atoms with Gasteiger partial charge in [0, 0.05) is 0 Å². The topological polar surface area (TPSA) is 26.0 Å². The molecule has 0 aromatic heterocycles. The summed E-state index contributed by atoms with van der Waals surface area (Å²) in [6.45, 7) is 10.4. The van der Waals surface area contributed by atoms with E-state index in [4.69, 9.17) is 5.73 Å². The normalized spacial score (nSPS) is 27.0. The fourth-order valence-corrected chi connectivity index (χ4v) is 4.11. The molecule has 0 aromatic rings. The van der Waals surface area contributed by atoms with Gasteiger partial charge in [-0.25, -0.2) is 0 Å². The van der Waals surface area contributed by atoms with E-state index in [9.17, 15) is 0 Å². The molecular formula is C20H41N. The molecule has 0 heterocycles. The van der Waals surface area contributed by atoms with Crippen molar-refractivity contribution < 1.29 is 0 Å². The van der Waals surface area contributed by atoms with Crippen molar-refractivity contribution in [3.63, 3.8) is 0 Å². The van der Waals surface area contributed by atoms with E-state index < -0.39 is 0 Å². The van der Waals surface area contributed by atoms with Crippen molar-refractivity contribution in [2.75, 3.05) is 6.54 Å². The van der Waals surface area contributed by atoms with Crippen LogP contribution in [0.25, 0.3) is 0 Å². The summed E-state index contributed by atoms with van der Waals surface area (Å²) in [7, 11) is 0. The maximum absolute atomic E-state index is 6.17. The van der Waals surface area contributed by atoms with Crippen molar-refractivity contribution in [2.45, 2.75) is 105 Å². The highest BCUT2D eigenvalue weighted by Crippen LogP contribution is 2.47. The zero-order valence-corrected chi connectivity index (χ0v) is 15.3. The summed E-state index contributed by atoms with van der Waals surface area (Å²) >= 11 is 0. The summed E-state index contributed by atoms with van der Waals surface area (Å²) in [6, 6.07) is 0. The second kappa shape index (κ2) is 9.18. The van der Waals surface area contributed by atoms with Gasteiger partial charge in [-0.15, -0.1) is 0 Å². The largest absolute Gasteiger partial charge is 0.330 e. The smallest absolute Gasteiger partial charge is 0.00205 e. The third-order valence-electron chi connectivity index (χ3n) is 6.01. The van der Waals surface area contributed by atoms with E-state index in [0.29, 0.717) is 10.8 Å². The molecule has 0 atom stereocenters.